The molecule has 1 aromatic heterocycles. The van der Waals surface area contributed by atoms with E-state index in [1.165, 1.54) is 12.0 Å². The number of hydrogen-bond acceptors (Lipinski definition) is 6. The number of carboxylic acids is 1. The Bertz CT molecular complexity index is 723. The number of likely N-dealkylation sites (tertiary alicyclic amines) is 1. The predicted octanol–water partition coefficient (Wildman–Crippen LogP) is 1.04. The first kappa shape index (κ1) is 19.4. The van der Waals surface area contributed by atoms with Gasteiger partial charge in [0.1, 0.15) is 5.82 Å². The minimum absolute atomic E-state index is 0.0739. The van der Waals surface area contributed by atoms with Gasteiger partial charge in [0.05, 0.1) is 19.6 Å². The van der Waals surface area contributed by atoms with E-state index < -0.39 is 36.0 Å². The topological polar surface area (TPSA) is 101 Å². The highest BCUT2D eigenvalue weighted by Gasteiger charge is 2.41. The second-order valence-corrected chi connectivity index (χ2v) is 6.70. The Kier molecular flexibility index (Phi) is 5.27. The second kappa shape index (κ2) is 7.33. The molecule has 1 fully saturated rings. The molecule has 3 rings (SSSR count). The Morgan fingerprint density at radius 3 is 2.63 bits per heavy atom. The molecule has 2 aliphatic heterocycles. The maximum atomic E-state index is 12.9. The highest BCUT2D eigenvalue weighted by atomic mass is 19.4. The minimum Gasteiger partial charge on any atom is -0.481 e. The first-order valence-corrected chi connectivity index (χ1v) is 8.49. The number of amides is 1. The Balaban J connectivity index is 1.72. The van der Waals surface area contributed by atoms with Crippen LogP contribution in [0, 0.1) is 5.92 Å². The van der Waals surface area contributed by atoms with Crippen molar-refractivity contribution in [2.75, 3.05) is 26.7 Å². The number of aliphatic carboxylic acids is 1. The average Bonchev–Trinajstić information content (AvgIpc) is 3.04. The molecule has 2 atom stereocenters. The molecular formula is C15H20F3N5O4. The van der Waals surface area contributed by atoms with Crippen LogP contribution >= 0.6 is 0 Å². The number of carbonyl (C=O) groups is 2. The van der Waals surface area contributed by atoms with Gasteiger partial charge in [-0.1, -0.05) is 0 Å². The Labute approximate surface area is 152 Å². The van der Waals surface area contributed by atoms with Gasteiger partial charge in [-0.25, -0.2) is 4.79 Å². The zero-order valence-electron chi connectivity index (χ0n) is 14.6. The lowest BCUT2D eigenvalue weighted by molar-refractivity contribution is -0.148. The minimum atomic E-state index is -4.56. The highest BCUT2D eigenvalue weighted by Crippen LogP contribution is 2.30. The van der Waals surface area contributed by atoms with E-state index in [0.29, 0.717) is 19.5 Å². The summed E-state index contributed by atoms with van der Waals surface area (Å²) in [4.78, 5) is 26.7. The number of methoxy groups -OCH3 is 1. The van der Waals surface area contributed by atoms with Gasteiger partial charge in [-0.3, -0.25) is 9.69 Å². The molecule has 1 amide bonds. The number of ether oxygens (including phenoxy) is 1. The summed E-state index contributed by atoms with van der Waals surface area (Å²) < 4.78 is 44.6. The van der Waals surface area contributed by atoms with E-state index in [0.717, 1.165) is 4.57 Å². The van der Waals surface area contributed by atoms with Crippen LogP contribution in [0.5, 0.6) is 0 Å². The van der Waals surface area contributed by atoms with Gasteiger partial charge in [-0.2, -0.15) is 13.2 Å². The van der Waals surface area contributed by atoms with Crippen molar-refractivity contribution in [3.05, 3.63) is 11.6 Å². The molecule has 0 radical (unpaired) electrons. The molecule has 27 heavy (non-hydrogen) atoms. The lowest BCUT2D eigenvalue weighted by Crippen LogP contribution is -2.53. The van der Waals surface area contributed by atoms with E-state index in [9.17, 15) is 27.9 Å². The molecule has 2 unspecified atom stereocenters. The number of carboxylic acid groups (broad SMARTS) is 1. The van der Waals surface area contributed by atoms with E-state index in [2.05, 4.69) is 10.2 Å². The summed E-state index contributed by atoms with van der Waals surface area (Å²) in [5, 5.41) is 16.1. The largest absolute Gasteiger partial charge is 0.481 e. The third-order valence-corrected chi connectivity index (χ3v) is 5.03. The lowest BCUT2D eigenvalue weighted by atomic mass is 9.90. The van der Waals surface area contributed by atoms with Gasteiger partial charge in [-0.15, -0.1) is 10.2 Å². The van der Waals surface area contributed by atoms with Crippen molar-refractivity contribution in [3.63, 3.8) is 0 Å². The number of piperidine rings is 1. The van der Waals surface area contributed by atoms with E-state index in [1.54, 1.807) is 0 Å². The zero-order chi connectivity index (χ0) is 19.8. The van der Waals surface area contributed by atoms with Crippen molar-refractivity contribution in [1.82, 2.24) is 24.6 Å². The second-order valence-electron chi connectivity index (χ2n) is 6.70. The molecule has 150 valence electrons. The summed E-state index contributed by atoms with van der Waals surface area (Å²) in [6.07, 6.45) is -4.50. The van der Waals surface area contributed by atoms with Crippen molar-refractivity contribution in [2.45, 2.75) is 38.1 Å². The molecule has 0 aliphatic carbocycles. The van der Waals surface area contributed by atoms with Crippen molar-refractivity contribution in [1.29, 1.82) is 0 Å². The summed E-state index contributed by atoms with van der Waals surface area (Å²) >= 11 is 0. The number of nitrogens with zero attached hydrogens (tertiary/aromatic N) is 5. The quantitative estimate of drug-likeness (QED) is 0.822. The number of fused-ring (bicyclic) bond motifs is 1. The SMILES string of the molecule is COC(=O)N1CCC(C(=O)O)CC1CN1CCn2c(nnc2C(F)(F)F)C1. The van der Waals surface area contributed by atoms with Crippen LogP contribution in [-0.4, -0.2) is 74.5 Å². The lowest BCUT2D eigenvalue weighted by Gasteiger charge is -2.40. The van der Waals surface area contributed by atoms with Crippen LogP contribution in [-0.2, 0) is 28.8 Å². The van der Waals surface area contributed by atoms with Crippen LogP contribution in [0.3, 0.4) is 0 Å². The monoisotopic (exact) mass is 391 g/mol. The molecule has 12 heteroatoms. The van der Waals surface area contributed by atoms with Crippen molar-refractivity contribution in [3.8, 4) is 0 Å². The molecule has 3 heterocycles. The molecule has 0 aromatic carbocycles. The van der Waals surface area contributed by atoms with Gasteiger partial charge in [-0.05, 0) is 12.8 Å². The van der Waals surface area contributed by atoms with Gasteiger partial charge in [0.25, 0.3) is 0 Å². The van der Waals surface area contributed by atoms with Crippen molar-refractivity contribution >= 4 is 12.1 Å². The number of hydrogen-bond donors (Lipinski definition) is 1. The van der Waals surface area contributed by atoms with Gasteiger partial charge in [0.15, 0.2) is 0 Å². The maximum Gasteiger partial charge on any atom is 0.451 e. The molecule has 1 aromatic rings. The predicted molar refractivity (Wildman–Crippen MR) is 83.6 cm³/mol. The molecule has 0 bridgehead atoms. The average molecular weight is 391 g/mol. The smallest absolute Gasteiger partial charge is 0.451 e. The van der Waals surface area contributed by atoms with Crippen LogP contribution in [0.25, 0.3) is 0 Å². The Morgan fingerprint density at radius 1 is 1.26 bits per heavy atom. The Hall–Kier alpha value is -2.37. The molecular weight excluding hydrogens is 371 g/mol. The fourth-order valence-electron chi connectivity index (χ4n) is 3.68. The van der Waals surface area contributed by atoms with Crippen LogP contribution in [0.2, 0.25) is 0 Å². The molecule has 0 saturated carbocycles. The fourth-order valence-corrected chi connectivity index (χ4v) is 3.68. The summed E-state index contributed by atoms with van der Waals surface area (Å²) in [6, 6.07) is -0.399. The van der Waals surface area contributed by atoms with Crippen LogP contribution < -0.4 is 0 Å². The van der Waals surface area contributed by atoms with Gasteiger partial charge in [0.2, 0.25) is 5.82 Å². The highest BCUT2D eigenvalue weighted by molar-refractivity contribution is 5.72. The summed E-state index contributed by atoms with van der Waals surface area (Å²) in [5.74, 6) is -2.31. The normalized spacial score (nSPS) is 23.8. The van der Waals surface area contributed by atoms with E-state index in [-0.39, 0.29) is 31.9 Å². The van der Waals surface area contributed by atoms with Crippen LogP contribution in [0.1, 0.15) is 24.5 Å². The third-order valence-electron chi connectivity index (χ3n) is 5.03. The third kappa shape index (κ3) is 3.99. The summed E-state index contributed by atoms with van der Waals surface area (Å²) in [5.41, 5.74) is 0. The molecule has 1 saturated heterocycles. The summed E-state index contributed by atoms with van der Waals surface area (Å²) in [7, 11) is 1.25. The van der Waals surface area contributed by atoms with E-state index in [1.807, 2.05) is 4.90 Å². The van der Waals surface area contributed by atoms with Gasteiger partial charge < -0.3 is 19.3 Å². The van der Waals surface area contributed by atoms with Gasteiger partial charge >= 0.3 is 18.2 Å². The maximum absolute atomic E-state index is 12.9. The number of carbonyl (C=O) groups excluding carboxylic acids is 1. The molecule has 2 aliphatic rings. The number of aromatic nitrogens is 3. The fraction of sp³-hybridized carbons (Fsp3) is 0.733. The molecule has 1 N–H and O–H groups in total. The standard InChI is InChI=1S/C15H20F3N5O4/c1-27-14(26)22-3-2-9(12(24)25)6-10(22)7-21-4-5-23-11(8-21)19-20-13(23)15(16,17)18/h9-10H,2-8H2,1H3,(H,24,25). The number of halogens is 3. The first-order chi connectivity index (χ1) is 12.7. The summed E-state index contributed by atoms with van der Waals surface area (Å²) in [6.45, 7) is 1.12. The number of rotatable bonds is 3. The van der Waals surface area contributed by atoms with Crippen LogP contribution in [0.4, 0.5) is 18.0 Å². The molecule has 9 nitrogen and oxygen atoms in total. The van der Waals surface area contributed by atoms with Crippen molar-refractivity contribution in [2.24, 2.45) is 5.92 Å². The number of alkyl halides is 3. The Morgan fingerprint density at radius 2 is 2.00 bits per heavy atom. The van der Waals surface area contributed by atoms with E-state index in [4.69, 9.17) is 4.74 Å². The molecule has 0 spiro atoms. The first-order valence-electron chi connectivity index (χ1n) is 8.49. The van der Waals surface area contributed by atoms with Crippen molar-refractivity contribution < 1.29 is 32.6 Å². The van der Waals surface area contributed by atoms with Gasteiger partial charge in [0, 0.05) is 32.2 Å². The van der Waals surface area contributed by atoms with E-state index >= 15 is 0 Å². The zero-order valence-corrected chi connectivity index (χ0v) is 14.6. The van der Waals surface area contributed by atoms with Crippen LogP contribution in [0.15, 0.2) is 0 Å².